The second-order valence-electron chi connectivity index (χ2n) is 6.93. The summed E-state index contributed by atoms with van der Waals surface area (Å²) in [5, 5.41) is 2.93. The van der Waals surface area contributed by atoms with Crippen molar-refractivity contribution in [2.75, 3.05) is 18.5 Å². The van der Waals surface area contributed by atoms with Gasteiger partial charge in [0.2, 0.25) is 0 Å². The van der Waals surface area contributed by atoms with Gasteiger partial charge in [0.25, 0.3) is 11.8 Å². The Balaban J connectivity index is 1.57. The Labute approximate surface area is 153 Å². The van der Waals surface area contributed by atoms with Gasteiger partial charge in [-0.2, -0.15) is 0 Å². The lowest BCUT2D eigenvalue weighted by atomic mass is 10.0. The summed E-state index contributed by atoms with van der Waals surface area (Å²) in [4.78, 5) is 27.5. The SMILES string of the molecule is Cc1ccccc1NC(=O)c1cccc2c1C(=O)N(C[C@@H]1CCCO1)C2. The van der Waals surface area contributed by atoms with Crippen molar-refractivity contribution in [3.63, 3.8) is 0 Å². The number of amides is 2. The van der Waals surface area contributed by atoms with Crippen molar-refractivity contribution < 1.29 is 14.3 Å². The Kier molecular flexibility index (Phi) is 4.47. The number of para-hydroxylation sites is 1. The summed E-state index contributed by atoms with van der Waals surface area (Å²) >= 11 is 0. The van der Waals surface area contributed by atoms with E-state index >= 15 is 0 Å². The molecular formula is C21H22N2O3. The van der Waals surface area contributed by atoms with E-state index < -0.39 is 0 Å². The first-order valence-electron chi connectivity index (χ1n) is 9.03. The summed E-state index contributed by atoms with van der Waals surface area (Å²) in [6, 6.07) is 13.1. The molecule has 0 aliphatic carbocycles. The second-order valence-corrected chi connectivity index (χ2v) is 6.93. The van der Waals surface area contributed by atoms with Crippen molar-refractivity contribution in [3.8, 4) is 0 Å². The lowest BCUT2D eigenvalue weighted by Crippen LogP contribution is -2.32. The Morgan fingerprint density at radius 2 is 2.08 bits per heavy atom. The van der Waals surface area contributed by atoms with Gasteiger partial charge >= 0.3 is 0 Å². The Hall–Kier alpha value is -2.66. The number of hydrogen-bond donors (Lipinski definition) is 1. The largest absolute Gasteiger partial charge is 0.376 e. The van der Waals surface area contributed by atoms with Crippen LogP contribution in [-0.2, 0) is 11.3 Å². The fourth-order valence-electron chi connectivity index (χ4n) is 3.69. The number of fused-ring (bicyclic) bond motifs is 1. The molecule has 2 heterocycles. The number of nitrogens with one attached hydrogen (secondary N) is 1. The van der Waals surface area contributed by atoms with E-state index in [0.717, 1.165) is 36.3 Å². The van der Waals surface area contributed by atoms with Crippen LogP contribution in [0.4, 0.5) is 5.69 Å². The molecule has 1 saturated heterocycles. The minimum absolute atomic E-state index is 0.0777. The number of rotatable bonds is 4. The molecule has 2 aliphatic heterocycles. The molecule has 0 bridgehead atoms. The zero-order valence-corrected chi connectivity index (χ0v) is 14.8. The van der Waals surface area contributed by atoms with E-state index in [1.165, 1.54) is 0 Å². The molecule has 134 valence electrons. The summed E-state index contributed by atoms with van der Waals surface area (Å²) in [7, 11) is 0. The maximum absolute atomic E-state index is 12.9. The van der Waals surface area contributed by atoms with Crippen LogP contribution < -0.4 is 5.32 Å². The van der Waals surface area contributed by atoms with E-state index in [2.05, 4.69) is 5.32 Å². The first kappa shape index (κ1) is 16.8. The summed E-state index contributed by atoms with van der Waals surface area (Å²) in [6.07, 6.45) is 2.14. The second kappa shape index (κ2) is 6.92. The van der Waals surface area contributed by atoms with E-state index in [1.54, 1.807) is 11.0 Å². The third kappa shape index (κ3) is 3.10. The lowest BCUT2D eigenvalue weighted by molar-refractivity contribution is 0.0544. The van der Waals surface area contributed by atoms with Crippen LogP contribution in [0.3, 0.4) is 0 Å². The third-order valence-corrected chi connectivity index (χ3v) is 5.10. The fourth-order valence-corrected chi connectivity index (χ4v) is 3.69. The lowest BCUT2D eigenvalue weighted by Gasteiger charge is -2.19. The highest BCUT2D eigenvalue weighted by molar-refractivity contribution is 6.13. The fraction of sp³-hybridized carbons (Fsp3) is 0.333. The van der Waals surface area contributed by atoms with E-state index in [0.29, 0.717) is 24.2 Å². The smallest absolute Gasteiger partial charge is 0.256 e. The number of nitrogens with zero attached hydrogens (tertiary/aromatic N) is 1. The standard InChI is InChI=1S/C21H22N2O3/c1-14-6-2-3-10-18(14)22-20(24)17-9-4-7-15-12-23(21(25)19(15)17)13-16-8-5-11-26-16/h2-4,6-7,9-10,16H,5,8,11-13H2,1H3,(H,22,24)/t16-/m0/s1. The van der Waals surface area contributed by atoms with Gasteiger partial charge in [-0.1, -0.05) is 30.3 Å². The predicted octanol–water partition coefficient (Wildman–Crippen LogP) is 3.38. The first-order chi connectivity index (χ1) is 12.6. The number of aryl methyl sites for hydroxylation is 1. The summed E-state index contributed by atoms with van der Waals surface area (Å²) in [6.45, 7) is 3.84. The van der Waals surface area contributed by atoms with E-state index in [4.69, 9.17) is 4.74 Å². The number of carbonyl (C=O) groups excluding carboxylic acids is 2. The highest BCUT2D eigenvalue weighted by atomic mass is 16.5. The van der Waals surface area contributed by atoms with Crippen molar-refractivity contribution >= 4 is 17.5 Å². The van der Waals surface area contributed by atoms with E-state index in [9.17, 15) is 9.59 Å². The average Bonchev–Trinajstić information content (AvgIpc) is 3.26. The molecule has 2 aliphatic rings. The van der Waals surface area contributed by atoms with Crippen LogP contribution in [0, 0.1) is 6.92 Å². The monoisotopic (exact) mass is 350 g/mol. The maximum Gasteiger partial charge on any atom is 0.256 e. The van der Waals surface area contributed by atoms with Gasteiger partial charge in [0, 0.05) is 25.4 Å². The van der Waals surface area contributed by atoms with Crippen molar-refractivity contribution in [1.82, 2.24) is 4.90 Å². The highest BCUT2D eigenvalue weighted by Crippen LogP contribution is 2.28. The molecule has 0 unspecified atom stereocenters. The number of hydrogen-bond acceptors (Lipinski definition) is 3. The first-order valence-corrected chi connectivity index (χ1v) is 9.03. The van der Waals surface area contributed by atoms with Crippen molar-refractivity contribution in [2.24, 2.45) is 0 Å². The molecule has 5 nitrogen and oxygen atoms in total. The molecule has 26 heavy (non-hydrogen) atoms. The predicted molar refractivity (Wildman–Crippen MR) is 99.3 cm³/mol. The van der Waals surface area contributed by atoms with Gasteiger partial charge in [0.1, 0.15) is 0 Å². The van der Waals surface area contributed by atoms with Crippen molar-refractivity contribution in [1.29, 1.82) is 0 Å². The topological polar surface area (TPSA) is 58.6 Å². The maximum atomic E-state index is 12.9. The Bertz CT molecular complexity index is 856. The van der Waals surface area contributed by atoms with Crippen molar-refractivity contribution in [3.05, 3.63) is 64.7 Å². The summed E-state index contributed by atoms with van der Waals surface area (Å²) in [5.41, 5.74) is 3.61. The molecule has 1 fully saturated rings. The Morgan fingerprint density at radius 3 is 2.85 bits per heavy atom. The van der Waals surface area contributed by atoms with Crippen LogP contribution in [0.2, 0.25) is 0 Å². The van der Waals surface area contributed by atoms with Gasteiger partial charge in [-0.15, -0.1) is 0 Å². The minimum atomic E-state index is -0.247. The van der Waals surface area contributed by atoms with Crippen LogP contribution in [0.25, 0.3) is 0 Å². The quantitative estimate of drug-likeness (QED) is 0.920. The van der Waals surface area contributed by atoms with Gasteiger partial charge in [-0.25, -0.2) is 0 Å². The van der Waals surface area contributed by atoms with Gasteiger partial charge in [0.15, 0.2) is 0 Å². The van der Waals surface area contributed by atoms with E-state index in [1.807, 2.05) is 43.3 Å². The third-order valence-electron chi connectivity index (χ3n) is 5.10. The molecule has 0 saturated carbocycles. The molecule has 4 rings (SSSR count). The number of carbonyl (C=O) groups is 2. The molecule has 2 aromatic carbocycles. The van der Waals surface area contributed by atoms with Crippen LogP contribution in [0.1, 0.15) is 44.7 Å². The normalized spacial score (nSPS) is 18.9. The molecule has 1 atom stereocenters. The summed E-state index contributed by atoms with van der Waals surface area (Å²) in [5.74, 6) is -0.325. The molecule has 2 amide bonds. The van der Waals surface area contributed by atoms with Crippen LogP contribution in [-0.4, -0.2) is 36.0 Å². The Morgan fingerprint density at radius 1 is 1.23 bits per heavy atom. The van der Waals surface area contributed by atoms with Gasteiger partial charge in [-0.05, 0) is 43.0 Å². The zero-order chi connectivity index (χ0) is 18.1. The van der Waals surface area contributed by atoms with Gasteiger partial charge in [-0.3, -0.25) is 9.59 Å². The van der Waals surface area contributed by atoms with Crippen LogP contribution in [0.5, 0.6) is 0 Å². The molecule has 0 aromatic heterocycles. The van der Waals surface area contributed by atoms with E-state index in [-0.39, 0.29) is 17.9 Å². The zero-order valence-electron chi connectivity index (χ0n) is 14.8. The van der Waals surface area contributed by atoms with Crippen LogP contribution >= 0.6 is 0 Å². The minimum Gasteiger partial charge on any atom is -0.376 e. The molecule has 0 spiro atoms. The number of ether oxygens (including phenoxy) is 1. The molecular weight excluding hydrogens is 328 g/mol. The summed E-state index contributed by atoms with van der Waals surface area (Å²) < 4.78 is 5.66. The number of benzene rings is 2. The van der Waals surface area contributed by atoms with Crippen LogP contribution in [0.15, 0.2) is 42.5 Å². The highest BCUT2D eigenvalue weighted by Gasteiger charge is 2.33. The average molecular weight is 350 g/mol. The molecule has 0 radical (unpaired) electrons. The number of anilines is 1. The van der Waals surface area contributed by atoms with Gasteiger partial charge in [0.05, 0.1) is 17.2 Å². The molecule has 2 aromatic rings. The van der Waals surface area contributed by atoms with Gasteiger partial charge < -0.3 is 15.0 Å². The van der Waals surface area contributed by atoms with Crippen molar-refractivity contribution in [2.45, 2.75) is 32.4 Å². The molecule has 1 N–H and O–H groups in total. The molecule has 5 heteroatoms.